The molecule has 2 heterocycles. The monoisotopic (exact) mass is 235 g/mol. The van der Waals surface area contributed by atoms with Crippen molar-refractivity contribution >= 4 is 22.5 Å². The molecule has 0 unspecified atom stereocenters. The topological polar surface area (TPSA) is 31.4 Å². The lowest BCUT2D eigenvalue weighted by Crippen LogP contribution is -2.15. The fraction of sp³-hybridized carbons (Fsp3) is 0.250. The first-order valence-electron chi connectivity index (χ1n) is 5.10. The third-order valence-electron chi connectivity index (χ3n) is 2.55. The Morgan fingerprint density at radius 3 is 2.56 bits per heavy atom. The fourth-order valence-corrected chi connectivity index (χ4v) is 2.15. The molecule has 1 aliphatic rings. The molecule has 0 amide bonds. The molecular weight excluding hydrogens is 226 g/mol. The Hall–Kier alpha value is -1.48. The van der Waals surface area contributed by atoms with Crippen LogP contribution in [0, 0.1) is 6.92 Å². The lowest BCUT2D eigenvalue weighted by molar-refractivity contribution is 0.172. The maximum atomic E-state index is 6.17. The van der Waals surface area contributed by atoms with Crippen LogP contribution in [0.1, 0.15) is 5.69 Å². The Morgan fingerprint density at radius 1 is 1.12 bits per heavy atom. The molecule has 82 valence electrons. The van der Waals surface area contributed by atoms with E-state index in [-0.39, 0.29) is 0 Å². The van der Waals surface area contributed by atoms with Gasteiger partial charge in [0, 0.05) is 17.1 Å². The Bertz CT molecular complexity index is 568. The number of hydrogen-bond acceptors (Lipinski definition) is 3. The molecule has 0 spiro atoms. The molecule has 1 aliphatic heterocycles. The van der Waals surface area contributed by atoms with Crippen molar-refractivity contribution in [1.82, 2.24) is 4.98 Å². The van der Waals surface area contributed by atoms with Crippen molar-refractivity contribution in [2.45, 2.75) is 6.92 Å². The summed E-state index contributed by atoms with van der Waals surface area (Å²) in [5.41, 5.74) is 1.74. The van der Waals surface area contributed by atoms with Gasteiger partial charge < -0.3 is 9.47 Å². The number of aryl methyl sites for hydroxylation is 1. The zero-order valence-electron chi connectivity index (χ0n) is 8.79. The zero-order valence-corrected chi connectivity index (χ0v) is 9.54. The van der Waals surface area contributed by atoms with E-state index in [0.717, 1.165) is 28.1 Å². The van der Waals surface area contributed by atoms with Crippen molar-refractivity contribution in [2.24, 2.45) is 0 Å². The molecule has 3 rings (SSSR count). The summed E-state index contributed by atoms with van der Waals surface area (Å²) in [7, 11) is 0. The van der Waals surface area contributed by atoms with Crippen molar-refractivity contribution in [3.63, 3.8) is 0 Å². The number of benzene rings is 1. The molecule has 0 fully saturated rings. The first-order chi connectivity index (χ1) is 7.74. The van der Waals surface area contributed by atoms with Crippen LogP contribution in [0.25, 0.3) is 10.9 Å². The SMILES string of the molecule is Cc1cc(Cl)c2cc3c(cc2n1)OCCO3. The average Bonchev–Trinajstić information content (AvgIpc) is 2.27. The second kappa shape index (κ2) is 3.52. The highest BCUT2D eigenvalue weighted by Crippen LogP contribution is 2.36. The number of hydrogen-bond donors (Lipinski definition) is 0. The molecule has 0 saturated carbocycles. The van der Waals surface area contributed by atoms with Crippen molar-refractivity contribution in [3.05, 3.63) is 28.9 Å². The average molecular weight is 236 g/mol. The van der Waals surface area contributed by atoms with Crippen LogP contribution in [0.2, 0.25) is 5.02 Å². The predicted octanol–water partition coefficient (Wildman–Crippen LogP) is 2.97. The minimum absolute atomic E-state index is 0.579. The van der Waals surface area contributed by atoms with Crippen molar-refractivity contribution in [1.29, 1.82) is 0 Å². The molecule has 0 bridgehead atoms. The van der Waals surface area contributed by atoms with Gasteiger partial charge >= 0.3 is 0 Å². The van der Waals surface area contributed by atoms with Crippen LogP contribution in [0.3, 0.4) is 0 Å². The second-order valence-electron chi connectivity index (χ2n) is 3.76. The third kappa shape index (κ3) is 1.48. The van der Waals surface area contributed by atoms with E-state index in [4.69, 9.17) is 21.1 Å². The van der Waals surface area contributed by atoms with Gasteiger partial charge in [0.1, 0.15) is 13.2 Å². The van der Waals surface area contributed by atoms with Crippen LogP contribution in [-0.4, -0.2) is 18.2 Å². The van der Waals surface area contributed by atoms with E-state index in [0.29, 0.717) is 18.2 Å². The Morgan fingerprint density at radius 2 is 1.81 bits per heavy atom. The highest BCUT2D eigenvalue weighted by molar-refractivity contribution is 6.35. The molecule has 1 aromatic heterocycles. The van der Waals surface area contributed by atoms with Crippen LogP contribution >= 0.6 is 11.6 Å². The third-order valence-corrected chi connectivity index (χ3v) is 2.86. The second-order valence-corrected chi connectivity index (χ2v) is 4.17. The highest BCUT2D eigenvalue weighted by atomic mass is 35.5. The van der Waals surface area contributed by atoms with Gasteiger partial charge in [0.25, 0.3) is 0 Å². The van der Waals surface area contributed by atoms with E-state index in [1.54, 1.807) is 0 Å². The summed E-state index contributed by atoms with van der Waals surface area (Å²) in [5, 5.41) is 1.59. The van der Waals surface area contributed by atoms with Gasteiger partial charge in [-0.05, 0) is 19.1 Å². The molecular formula is C12H10ClNO2. The summed E-state index contributed by atoms with van der Waals surface area (Å²) < 4.78 is 11.0. The van der Waals surface area contributed by atoms with Gasteiger partial charge in [0.05, 0.1) is 10.5 Å². The summed E-state index contributed by atoms with van der Waals surface area (Å²) >= 11 is 6.17. The molecule has 1 aromatic carbocycles. The molecule has 16 heavy (non-hydrogen) atoms. The first-order valence-corrected chi connectivity index (χ1v) is 5.48. The van der Waals surface area contributed by atoms with Gasteiger partial charge in [-0.2, -0.15) is 0 Å². The smallest absolute Gasteiger partial charge is 0.163 e. The predicted molar refractivity (Wildman–Crippen MR) is 62.5 cm³/mol. The fourth-order valence-electron chi connectivity index (χ4n) is 1.85. The number of pyridine rings is 1. The van der Waals surface area contributed by atoms with Gasteiger partial charge in [-0.25, -0.2) is 0 Å². The van der Waals surface area contributed by atoms with Gasteiger partial charge in [-0.15, -0.1) is 0 Å². The van der Waals surface area contributed by atoms with Crippen molar-refractivity contribution in [3.8, 4) is 11.5 Å². The maximum absolute atomic E-state index is 6.17. The molecule has 2 aromatic rings. The highest BCUT2D eigenvalue weighted by Gasteiger charge is 2.14. The van der Waals surface area contributed by atoms with Gasteiger partial charge in [0.15, 0.2) is 11.5 Å². The van der Waals surface area contributed by atoms with E-state index in [1.807, 2.05) is 25.1 Å². The van der Waals surface area contributed by atoms with Crippen LogP contribution in [0.15, 0.2) is 18.2 Å². The van der Waals surface area contributed by atoms with E-state index >= 15 is 0 Å². The van der Waals surface area contributed by atoms with Gasteiger partial charge in [-0.1, -0.05) is 11.6 Å². The zero-order chi connectivity index (χ0) is 11.1. The summed E-state index contributed by atoms with van der Waals surface area (Å²) in [6.07, 6.45) is 0. The molecule has 4 heteroatoms. The van der Waals surface area contributed by atoms with E-state index in [1.165, 1.54) is 0 Å². The van der Waals surface area contributed by atoms with Crippen molar-refractivity contribution in [2.75, 3.05) is 13.2 Å². The number of rotatable bonds is 0. The summed E-state index contributed by atoms with van der Waals surface area (Å²) in [4.78, 5) is 4.42. The van der Waals surface area contributed by atoms with E-state index in [9.17, 15) is 0 Å². The van der Waals surface area contributed by atoms with Crippen LogP contribution in [-0.2, 0) is 0 Å². The standard InChI is InChI=1S/C12H10ClNO2/c1-7-4-9(13)8-5-11-12(6-10(8)14-7)16-3-2-15-11/h4-6H,2-3H2,1H3. The number of halogens is 1. The normalized spacial score (nSPS) is 14.1. The van der Waals surface area contributed by atoms with E-state index in [2.05, 4.69) is 4.98 Å². The maximum Gasteiger partial charge on any atom is 0.163 e. The largest absolute Gasteiger partial charge is 0.486 e. The molecule has 0 atom stereocenters. The number of nitrogens with zero attached hydrogens (tertiary/aromatic N) is 1. The quantitative estimate of drug-likeness (QED) is 0.704. The molecule has 0 saturated heterocycles. The van der Waals surface area contributed by atoms with E-state index < -0.39 is 0 Å². The van der Waals surface area contributed by atoms with Crippen LogP contribution in [0.5, 0.6) is 11.5 Å². The Labute approximate surface area is 98.0 Å². The lowest BCUT2D eigenvalue weighted by Gasteiger charge is -2.18. The first kappa shape index (κ1) is 9.73. The molecule has 3 nitrogen and oxygen atoms in total. The summed E-state index contributed by atoms with van der Waals surface area (Å²) in [6.45, 7) is 3.08. The molecule has 0 radical (unpaired) electrons. The van der Waals surface area contributed by atoms with Crippen LogP contribution in [0.4, 0.5) is 0 Å². The van der Waals surface area contributed by atoms with Gasteiger partial charge in [0.2, 0.25) is 0 Å². The Balaban J connectivity index is 2.31. The Kier molecular flexibility index (Phi) is 2.14. The minimum Gasteiger partial charge on any atom is -0.486 e. The van der Waals surface area contributed by atoms with Crippen molar-refractivity contribution < 1.29 is 9.47 Å². The molecule has 0 aliphatic carbocycles. The summed E-state index contributed by atoms with van der Waals surface area (Å²) in [6, 6.07) is 5.61. The number of ether oxygens (including phenoxy) is 2. The summed E-state index contributed by atoms with van der Waals surface area (Å²) in [5.74, 6) is 1.49. The number of fused-ring (bicyclic) bond motifs is 2. The minimum atomic E-state index is 0.579. The van der Waals surface area contributed by atoms with Gasteiger partial charge in [-0.3, -0.25) is 4.98 Å². The number of aromatic nitrogens is 1. The lowest BCUT2D eigenvalue weighted by atomic mass is 10.1. The van der Waals surface area contributed by atoms with Crippen LogP contribution < -0.4 is 9.47 Å². The molecule has 0 N–H and O–H groups in total.